The van der Waals surface area contributed by atoms with E-state index in [1.54, 1.807) is 0 Å². The van der Waals surface area contributed by atoms with Crippen molar-refractivity contribution < 1.29 is 0 Å². The highest BCUT2D eigenvalue weighted by Gasteiger charge is 2.16. The van der Waals surface area contributed by atoms with Crippen molar-refractivity contribution in [2.75, 3.05) is 0 Å². The van der Waals surface area contributed by atoms with Crippen molar-refractivity contribution in [3.63, 3.8) is 0 Å². The summed E-state index contributed by atoms with van der Waals surface area (Å²) in [4.78, 5) is 4.09. The van der Waals surface area contributed by atoms with Crippen LogP contribution in [0.3, 0.4) is 0 Å². The molecule has 0 amide bonds. The number of allylic oxidation sites excluding steroid dienone is 3. The highest BCUT2D eigenvalue weighted by atomic mass is 35.5. The average molecular weight is 169 g/mol. The summed E-state index contributed by atoms with van der Waals surface area (Å²) >= 11 is 0. The van der Waals surface area contributed by atoms with Crippen LogP contribution in [0.5, 0.6) is 0 Å². The fraction of sp³-hybridized carbons (Fsp3) is 0.250. The van der Waals surface area contributed by atoms with Crippen LogP contribution in [0.2, 0.25) is 0 Å². The molecule has 1 aliphatic carbocycles. The number of hydrogen-bond acceptors (Lipinski definition) is 1. The van der Waals surface area contributed by atoms with E-state index in [9.17, 15) is 0 Å². The predicted molar refractivity (Wildman–Crippen MR) is 48.9 cm³/mol. The molecular formula is C8H9ClN2. The summed E-state index contributed by atoms with van der Waals surface area (Å²) in [7, 11) is 0. The first-order chi connectivity index (χ1) is 4.86. The fourth-order valence-electron chi connectivity index (χ4n) is 1.25. The lowest BCUT2D eigenvalue weighted by molar-refractivity contribution is 1.32. The van der Waals surface area contributed by atoms with Crippen molar-refractivity contribution in [2.24, 2.45) is 4.99 Å². The Bertz CT molecular complexity index is 274. The van der Waals surface area contributed by atoms with Crippen LogP contribution >= 0.6 is 12.4 Å². The molecule has 1 heterocycles. The van der Waals surface area contributed by atoms with Gasteiger partial charge in [0.2, 0.25) is 0 Å². The predicted octanol–water partition coefficient (Wildman–Crippen LogP) is 2.12. The van der Waals surface area contributed by atoms with Crippen molar-refractivity contribution in [3.8, 4) is 0 Å². The average Bonchev–Trinajstić information content (AvgIpc) is 2.27. The lowest BCUT2D eigenvalue weighted by Gasteiger charge is -2.01. The van der Waals surface area contributed by atoms with Crippen molar-refractivity contribution in [1.82, 2.24) is 0 Å². The van der Waals surface area contributed by atoms with E-state index in [1.165, 1.54) is 5.57 Å². The summed E-state index contributed by atoms with van der Waals surface area (Å²) < 4.78 is 0. The van der Waals surface area contributed by atoms with Gasteiger partial charge in [0.05, 0.1) is 0 Å². The molecule has 0 aromatic rings. The molecule has 1 aliphatic heterocycles. The minimum Gasteiger partial charge on any atom is -0.286 e. The second-order valence-corrected chi connectivity index (χ2v) is 2.51. The minimum atomic E-state index is 0. The van der Waals surface area contributed by atoms with Gasteiger partial charge in [-0.15, -0.1) is 12.4 Å². The number of hydrogen-bond donors (Lipinski definition) is 1. The second kappa shape index (κ2) is 3.01. The van der Waals surface area contributed by atoms with Crippen LogP contribution in [0.4, 0.5) is 0 Å². The summed E-state index contributed by atoms with van der Waals surface area (Å²) in [6.07, 6.45) is 7.80. The van der Waals surface area contributed by atoms with E-state index in [0.29, 0.717) is 5.84 Å². The van der Waals surface area contributed by atoms with Gasteiger partial charge >= 0.3 is 0 Å². The maximum Gasteiger partial charge on any atom is 0.125 e. The van der Waals surface area contributed by atoms with Crippen LogP contribution in [0, 0.1) is 5.41 Å². The summed E-state index contributed by atoms with van der Waals surface area (Å²) in [5.74, 6) is 0.505. The molecule has 2 nitrogen and oxygen atoms in total. The molecule has 0 fully saturated rings. The smallest absolute Gasteiger partial charge is 0.125 e. The van der Waals surface area contributed by atoms with Gasteiger partial charge in [-0.05, 0) is 5.57 Å². The first-order valence-electron chi connectivity index (χ1n) is 3.37. The van der Waals surface area contributed by atoms with E-state index >= 15 is 0 Å². The Labute approximate surface area is 71.6 Å². The number of nitrogens with one attached hydrogen (secondary N) is 1. The van der Waals surface area contributed by atoms with Gasteiger partial charge in [-0.2, -0.15) is 0 Å². The molecule has 0 spiro atoms. The van der Waals surface area contributed by atoms with Gasteiger partial charge in [0.1, 0.15) is 5.84 Å². The van der Waals surface area contributed by atoms with Gasteiger partial charge < -0.3 is 0 Å². The van der Waals surface area contributed by atoms with Crippen LogP contribution in [0.15, 0.2) is 28.8 Å². The molecule has 0 radical (unpaired) electrons. The monoisotopic (exact) mass is 168 g/mol. The van der Waals surface area contributed by atoms with Crippen LogP contribution in [0.1, 0.15) is 12.8 Å². The van der Waals surface area contributed by atoms with Gasteiger partial charge in [-0.3, -0.25) is 5.41 Å². The molecule has 0 unspecified atom stereocenters. The standard InChI is InChI=1S/C8H8N2.ClH/c9-8-5-6-3-1-2-4-7(6)10-8;/h1-3,9H,4-5H2;1H. The van der Waals surface area contributed by atoms with Gasteiger partial charge in [-0.1, -0.05) is 18.2 Å². The van der Waals surface area contributed by atoms with Crippen molar-refractivity contribution >= 4 is 24.0 Å². The molecule has 0 saturated carbocycles. The van der Waals surface area contributed by atoms with Crippen LogP contribution in [0.25, 0.3) is 0 Å². The van der Waals surface area contributed by atoms with E-state index in [2.05, 4.69) is 11.1 Å². The Morgan fingerprint density at radius 2 is 2.27 bits per heavy atom. The highest BCUT2D eigenvalue weighted by molar-refractivity contribution is 6.16. The van der Waals surface area contributed by atoms with E-state index in [0.717, 1.165) is 18.6 Å². The van der Waals surface area contributed by atoms with Crippen molar-refractivity contribution in [3.05, 3.63) is 23.8 Å². The summed E-state index contributed by atoms with van der Waals surface area (Å²) in [6, 6.07) is 0. The number of amidine groups is 1. The van der Waals surface area contributed by atoms with Crippen LogP contribution < -0.4 is 0 Å². The van der Waals surface area contributed by atoms with E-state index in [4.69, 9.17) is 5.41 Å². The maximum absolute atomic E-state index is 7.29. The van der Waals surface area contributed by atoms with Gasteiger partial charge in [0.25, 0.3) is 0 Å². The number of aliphatic imine (C=N–C) groups is 1. The van der Waals surface area contributed by atoms with E-state index in [1.807, 2.05) is 12.2 Å². The van der Waals surface area contributed by atoms with Gasteiger partial charge in [-0.25, -0.2) is 4.99 Å². The molecule has 0 bridgehead atoms. The van der Waals surface area contributed by atoms with Crippen molar-refractivity contribution in [1.29, 1.82) is 5.41 Å². The summed E-state index contributed by atoms with van der Waals surface area (Å²) in [5.41, 5.74) is 2.32. The second-order valence-electron chi connectivity index (χ2n) is 2.51. The molecule has 2 rings (SSSR count). The zero-order valence-corrected chi connectivity index (χ0v) is 6.82. The normalized spacial score (nSPS) is 20.2. The molecule has 0 atom stereocenters. The number of fused-ring (bicyclic) bond motifs is 1. The number of rotatable bonds is 0. The Morgan fingerprint density at radius 1 is 1.45 bits per heavy atom. The third-order valence-corrected chi connectivity index (χ3v) is 1.74. The molecule has 3 heteroatoms. The molecule has 58 valence electrons. The van der Waals surface area contributed by atoms with Crippen LogP contribution in [-0.2, 0) is 0 Å². The molecule has 0 aromatic heterocycles. The molecular weight excluding hydrogens is 160 g/mol. The summed E-state index contributed by atoms with van der Waals surface area (Å²) in [5, 5.41) is 7.29. The number of nitrogens with zero attached hydrogens (tertiary/aromatic N) is 1. The van der Waals surface area contributed by atoms with Gasteiger partial charge in [0.15, 0.2) is 0 Å². The third-order valence-electron chi connectivity index (χ3n) is 1.74. The summed E-state index contributed by atoms with van der Waals surface area (Å²) in [6.45, 7) is 0. The molecule has 11 heavy (non-hydrogen) atoms. The van der Waals surface area contributed by atoms with Gasteiger partial charge in [0, 0.05) is 18.6 Å². The zero-order chi connectivity index (χ0) is 6.97. The first-order valence-corrected chi connectivity index (χ1v) is 3.37. The largest absolute Gasteiger partial charge is 0.286 e. The maximum atomic E-state index is 7.29. The minimum absolute atomic E-state index is 0. The van der Waals surface area contributed by atoms with Crippen LogP contribution in [-0.4, -0.2) is 11.5 Å². The molecule has 2 aliphatic rings. The lowest BCUT2D eigenvalue weighted by atomic mass is 10.0. The Hall–Kier alpha value is -0.890. The third kappa shape index (κ3) is 1.40. The quantitative estimate of drug-likeness (QED) is 0.575. The molecule has 1 N–H and O–H groups in total. The Kier molecular flexibility index (Phi) is 2.25. The highest BCUT2D eigenvalue weighted by Crippen LogP contribution is 2.20. The Balaban J connectivity index is 0.000000605. The fourth-order valence-corrected chi connectivity index (χ4v) is 1.25. The topological polar surface area (TPSA) is 36.2 Å². The Morgan fingerprint density at radius 3 is 3.00 bits per heavy atom. The SMILES string of the molecule is Cl.N=C1CC2=CC=CCC2=N1. The molecule has 0 aromatic carbocycles. The lowest BCUT2D eigenvalue weighted by Crippen LogP contribution is -1.97. The van der Waals surface area contributed by atoms with E-state index in [-0.39, 0.29) is 12.4 Å². The molecule has 0 saturated heterocycles. The number of halogens is 1. The van der Waals surface area contributed by atoms with Crippen molar-refractivity contribution in [2.45, 2.75) is 12.8 Å². The van der Waals surface area contributed by atoms with E-state index < -0.39 is 0 Å². The first kappa shape index (κ1) is 8.21. The zero-order valence-electron chi connectivity index (χ0n) is 6.00.